The van der Waals surface area contributed by atoms with Gasteiger partial charge in [-0.2, -0.15) is 0 Å². The normalized spacial score (nSPS) is 24.4. The van der Waals surface area contributed by atoms with Crippen molar-refractivity contribution in [2.75, 3.05) is 40.0 Å². The predicted molar refractivity (Wildman–Crippen MR) is 95.9 cm³/mol. The van der Waals surface area contributed by atoms with Gasteiger partial charge >= 0.3 is 0 Å². The Labute approximate surface area is 149 Å². The molecule has 1 N–H and O–H groups in total. The van der Waals surface area contributed by atoms with E-state index in [0.29, 0.717) is 25.6 Å². The van der Waals surface area contributed by atoms with E-state index in [2.05, 4.69) is 20.2 Å². The van der Waals surface area contributed by atoms with Gasteiger partial charge in [-0.05, 0) is 25.8 Å². The van der Waals surface area contributed by atoms with E-state index in [-0.39, 0.29) is 12.2 Å². The first-order valence-electron chi connectivity index (χ1n) is 9.07. The van der Waals surface area contributed by atoms with Crippen LogP contribution in [-0.2, 0) is 16.0 Å². The summed E-state index contributed by atoms with van der Waals surface area (Å²) in [7, 11) is 1.81. The molecule has 0 amide bonds. The van der Waals surface area contributed by atoms with E-state index < -0.39 is 0 Å². The van der Waals surface area contributed by atoms with E-state index in [1.807, 2.05) is 26.1 Å². The Morgan fingerprint density at radius 3 is 3.04 bits per heavy atom. The highest BCUT2D eigenvalue weighted by atomic mass is 16.5. The first kappa shape index (κ1) is 17.9. The molecule has 2 fully saturated rings. The van der Waals surface area contributed by atoms with Gasteiger partial charge in [-0.3, -0.25) is 4.99 Å². The second kappa shape index (κ2) is 9.01. The van der Waals surface area contributed by atoms with Gasteiger partial charge < -0.3 is 24.4 Å². The highest BCUT2D eigenvalue weighted by Crippen LogP contribution is 2.21. The van der Waals surface area contributed by atoms with Crippen molar-refractivity contribution in [3.05, 3.63) is 23.9 Å². The van der Waals surface area contributed by atoms with Crippen LogP contribution in [0.25, 0.3) is 0 Å². The minimum Gasteiger partial charge on any atom is -0.478 e. The summed E-state index contributed by atoms with van der Waals surface area (Å²) in [6, 6.07) is 3.94. The van der Waals surface area contributed by atoms with Crippen LogP contribution in [0, 0.1) is 0 Å². The molecule has 0 spiro atoms. The Morgan fingerprint density at radius 1 is 1.40 bits per heavy atom. The summed E-state index contributed by atoms with van der Waals surface area (Å²) in [5.74, 6) is 1.55. The Kier molecular flexibility index (Phi) is 6.47. The van der Waals surface area contributed by atoms with Crippen molar-refractivity contribution in [1.82, 2.24) is 15.2 Å². The minimum absolute atomic E-state index is 0.118. The summed E-state index contributed by atoms with van der Waals surface area (Å²) in [6.07, 6.45) is 4.28. The number of ether oxygens (including phenoxy) is 3. The molecule has 3 rings (SSSR count). The summed E-state index contributed by atoms with van der Waals surface area (Å²) in [5.41, 5.74) is 1.02. The zero-order valence-corrected chi connectivity index (χ0v) is 15.1. The third-order valence-corrected chi connectivity index (χ3v) is 4.55. The van der Waals surface area contributed by atoms with Gasteiger partial charge in [0.1, 0.15) is 6.10 Å². The number of nitrogens with zero attached hydrogens (tertiary/aromatic N) is 3. The minimum atomic E-state index is 0.118. The van der Waals surface area contributed by atoms with E-state index in [4.69, 9.17) is 14.2 Å². The van der Waals surface area contributed by atoms with Crippen molar-refractivity contribution in [1.29, 1.82) is 0 Å². The Balaban J connectivity index is 1.59. The van der Waals surface area contributed by atoms with Crippen molar-refractivity contribution < 1.29 is 14.2 Å². The molecular formula is C18H28N4O3. The van der Waals surface area contributed by atoms with Crippen molar-refractivity contribution in [2.45, 2.75) is 38.5 Å². The Morgan fingerprint density at radius 2 is 2.28 bits per heavy atom. The molecule has 1 aromatic heterocycles. The van der Waals surface area contributed by atoms with Crippen molar-refractivity contribution >= 4 is 5.96 Å². The number of aliphatic imine (C=N–C) groups is 1. The van der Waals surface area contributed by atoms with Gasteiger partial charge in [0, 0.05) is 45.0 Å². The zero-order chi connectivity index (χ0) is 17.5. The molecule has 2 aliphatic rings. The van der Waals surface area contributed by atoms with Crippen LogP contribution in [0.2, 0.25) is 0 Å². The molecular weight excluding hydrogens is 320 g/mol. The summed E-state index contributed by atoms with van der Waals surface area (Å²) in [5, 5.41) is 3.42. The maximum Gasteiger partial charge on any atom is 0.218 e. The highest BCUT2D eigenvalue weighted by Gasteiger charge is 2.32. The van der Waals surface area contributed by atoms with E-state index in [9.17, 15) is 0 Å². The smallest absolute Gasteiger partial charge is 0.218 e. The molecule has 0 aliphatic carbocycles. The maximum atomic E-state index is 5.92. The molecule has 2 aliphatic heterocycles. The SMILES string of the molecule is CCOc1ncccc1CNC(=NC)N1CCOC(C2CCCO2)C1. The number of hydrogen-bond acceptors (Lipinski definition) is 5. The number of hydrogen-bond donors (Lipinski definition) is 1. The summed E-state index contributed by atoms with van der Waals surface area (Å²) >= 11 is 0. The molecule has 3 heterocycles. The van der Waals surface area contributed by atoms with Crippen LogP contribution in [0.1, 0.15) is 25.3 Å². The van der Waals surface area contributed by atoms with Crippen LogP contribution in [0.5, 0.6) is 5.88 Å². The molecule has 2 saturated heterocycles. The fraction of sp³-hybridized carbons (Fsp3) is 0.667. The molecule has 2 atom stereocenters. The second-order valence-electron chi connectivity index (χ2n) is 6.21. The van der Waals surface area contributed by atoms with Crippen LogP contribution >= 0.6 is 0 Å². The van der Waals surface area contributed by atoms with Gasteiger partial charge in [-0.25, -0.2) is 4.98 Å². The average Bonchev–Trinajstić information content (AvgIpc) is 3.19. The van der Waals surface area contributed by atoms with Crippen LogP contribution in [0.15, 0.2) is 23.3 Å². The Hall–Kier alpha value is -1.86. The maximum absolute atomic E-state index is 5.92. The van der Waals surface area contributed by atoms with Gasteiger partial charge in [0.15, 0.2) is 5.96 Å². The number of morpholine rings is 1. The van der Waals surface area contributed by atoms with Gasteiger partial charge in [-0.1, -0.05) is 6.07 Å². The molecule has 1 aromatic rings. The lowest BCUT2D eigenvalue weighted by atomic mass is 10.1. The van der Waals surface area contributed by atoms with Gasteiger partial charge in [-0.15, -0.1) is 0 Å². The number of aromatic nitrogens is 1. The van der Waals surface area contributed by atoms with Crippen molar-refractivity contribution in [3.63, 3.8) is 0 Å². The highest BCUT2D eigenvalue weighted by molar-refractivity contribution is 5.80. The van der Waals surface area contributed by atoms with E-state index in [1.54, 1.807) is 6.20 Å². The third kappa shape index (κ3) is 4.61. The number of nitrogens with one attached hydrogen (secondary N) is 1. The predicted octanol–water partition coefficient (Wildman–Crippen LogP) is 1.44. The lowest BCUT2D eigenvalue weighted by Gasteiger charge is -2.37. The molecule has 7 heteroatoms. The van der Waals surface area contributed by atoms with Gasteiger partial charge in [0.25, 0.3) is 0 Å². The topological polar surface area (TPSA) is 68.2 Å². The molecule has 2 unspecified atom stereocenters. The summed E-state index contributed by atoms with van der Waals surface area (Å²) < 4.78 is 17.3. The lowest BCUT2D eigenvalue weighted by molar-refractivity contribution is -0.0817. The fourth-order valence-corrected chi connectivity index (χ4v) is 3.32. The van der Waals surface area contributed by atoms with E-state index >= 15 is 0 Å². The standard InChI is InChI=1S/C18H28N4O3/c1-3-23-17-14(6-4-8-20-17)12-21-18(19-2)22-9-11-25-16(13-22)15-7-5-10-24-15/h4,6,8,15-16H,3,5,7,9-13H2,1-2H3,(H,19,21). The van der Waals surface area contributed by atoms with Crippen LogP contribution in [-0.4, -0.2) is 68.0 Å². The van der Waals surface area contributed by atoms with Crippen molar-refractivity contribution in [3.8, 4) is 5.88 Å². The molecule has 138 valence electrons. The summed E-state index contributed by atoms with van der Waals surface area (Å²) in [4.78, 5) is 11.0. The molecule has 25 heavy (non-hydrogen) atoms. The second-order valence-corrected chi connectivity index (χ2v) is 6.21. The van der Waals surface area contributed by atoms with Crippen molar-refractivity contribution in [2.24, 2.45) is 4.99 Å². The largest absolute Gasteiger partial charge is 0.478 e. The molecule has 7 nitrogen and oxygen atoms in total. The molecule has 0 saturated carbocycles. The molecule has 0 aromatic carbocycles. The number of rotatable bonds is 5. The molecule has 0 bridgehead atoms. The zero-order valence-electron chi connectivity index (χ0n) is 15.1. The van der Waals surface area contributed by atoms with Crippen LogP contribution in [0.4, 0.5) is 0 Å². The van der Waals surface area contributed by atoms with E-state index in [0.717, 1.165) is 44.1 Å². The van der Waals surface area contributed by atoms with Crippen LogP contribution < -0.4 is 10.1 Å². The Bertz CT molecular complexity index is 575. The number of guanidine groups is 1. The fourth-order valence-electron chi connectivity index (χ4n) is 3.32. The van der Waals surface area contributed by atoms with Gasteiger partial charge in [0.2, 0.25) is 5.88 Å². The average molecular weight is 348 g/mol. The summed E-state index contributed by atoms with van der Waals surface area (Å²) in [6.45, 7) is 6.36. The first-order chi connectivity index (χ1) is 12.3. The van der Waals surface area contributed by atoms with Gasteiger partial charge in [0.05, 0.1) is 19.3 Å². The quantitative estimate of drug-likeness (QED) is 0.641. The lowest BCUT2D eigenvalue weighted by Crippen LogP contribution is -2.53. The molecule has 0 radical (unpaired) electrons. The van der Waals surface area contributed by atoms with E-state index in [1.165, 1.54) is 0 Å². The monoisotopic (exact) mass is 348 g/mol. The van der Waals surface area contributed by atoms with Crippen LogP contribution in [0.3, 0.4) is 0 Å². The number of pyridine rings is 1. The third-order valence-electron chi connectivity index (χ3n) is 4.55. The first-order valence-corrected chi connectivity index (χ1v) is 9.07.